The molecule has 0 aromatic heterocycles. The van der Waals surface area contributed by atoms with E-state index in [-0.39, 0.29) is 46.5 Å². The quantitative estimate of drug-likeness (QED) is 0.478. The monoisotopic (exact) mass is 299 g/mol. The van der Waals surface area contributed by atoms with E-state index in [9.17, 15) is 9.59 Å². The Bertz CT molecular complexity index is 397. The molecule has 17 heavy (non-hydrogen) atoms. The van der Waals surface area contributed by atoms with Crippen molar-refractivity contribution in [2.75, 3.05) is 6.54 Å². The average Bonchev–Trinajstić information content (AvgIpc) is 2.89. The summed E-state index contributed by atoms with van der Waals surface area (Å²) in [5, 5.41) is 2.80. The lowest BCUT2D eigenvalue weighted by molar-refractivity contribution is -0.145. The second-order valence-corrected chi connectivity index (χ2v) is 6.05. The number of hydrogen-bond donors (Lipinski definition) is 1. The summed E-state index contributed by atoms with van der Waals surface area (Å²) in [6.07, 6.45) is 2.55. The predicted octanol–water partition coefficient (Wildman–Crippen LogP) is 0.860. The van der Waals surface area contributed by atoms with Crippen molar-refractivity contribution < 1.29 is 14.3 Å². The molecule has 2 saturated carbocycles. The summed E-state index contributed by atoms with van der Waals surface area (Å²) in [6, 6.07) is 0. The first-order valence-corrected chi connectivity index (χ1v) is 6.80. The van der Waals surface area contributed by atoms with E-state index < -0.39 is 0 Å². The van der Waals surface area contributed by atoms with Gasteiger partial charge in [0, 0.05) is 12.5 Å². The number of nitrogens with one attached hydrogen (secondary N) is 1. The molecule has 6 atom stereocenters. The van der Waals surface area contributed by atoms with Gasteiger partial charge in [-0.05, 0) is 12.3 Å². The van der Waals surface area contributed by atoms with Crippen LogP contribution in [0.3, 0.4) is 0 Å². The fraction of sp³-hybridized carbons (Fsp3) is 0.667. The van der Waals surface area contributed by atoms with E-state index in [0.717, 1.165) is 6.42 Å². The van der Waals surface area contributed by atoms with Gasteiger partial charge in [-0.2, -0.15) is 0 Å². The molecule has 3 fully saturated rings. The Balaban J connectivity index is 1.84. The van der Waals surface area contributed by atoms with Gasteiger partial charge in [-0.3, -0.25) is 9.59 Å². The average molecular weight is 300 g/mol. The zero-order valence-corrected chi connectivity index (χ0v) is 10.9. The Hall–Kier alpha value is -0.840. The van der Waals surface area contributed by atoms with Crippen LogP contribution in [0.1, 0.15) is 6.42 Å². The van der Waals surface area contributed by atoms with Crippen LogP contribution >= 0.6 is 15.9 Å². The van der Waals surface area contributed by atoms with Crippen molar-refractivity contribution in [3.8, 4) is 0 Å². The van der Waals surface area contributed by atoms with Gasteiger partial charge in [-0.25, -0.2) is 0 Å². The van der Waals surface area contributed by atoms with E-state index in [1.165, 1.54) is 0 Å². The molecule has 5 heteroatoms. The van der Waals surface area contributed by atoms with Crippen LogP contribution in [-0.2, 0) is 14.3 Å². The van der Waals surface area contributed by atoms with Crippen LogP contribution in [-0.4, -0.2) is 29.4 Å². The molecule has 3 rings (SSSR count). The first kappa shape index (κ1) is 11.3. The normalized spacial score (nSPS) is 45.8. The number of amides is 1. The molecule has 2 aliphatic carbocycles. The summed E-state index contributed by atoms with van der Waals surface area (Å²) in [7, 11) is 0. The fourth-order valence-corrected chi connectivity index (χ4v) is 4.67. The summed E-state index contributed by atoms with van der Waals surface area (Å²) in [6.45, 7) is 4.02. The summed E-state index contributed by atoms with van der Waals surface area (Å²) >= 11 is 3.58. The summed E-state index contributed by atoms with van der Waals surface area (Å²) in [5.74, 6) is -0.214. The highest BCUT2D eigenvalue weighted by Gasteiger charge is 2.67. The third-order valence-corrected chi connectivity index (χ3v) is 5.45. The van der Waals surface area contributed by atoms with Gasteiger partial charge < -0.3 is 10.1 Å². The molecular weight excluding hydrogens is 286 g/mol. The van der Waals surface area contributed by atoms with E-state index in [0.29, 0.717) is 6.54 Å². The third kappa shape index (κ3) is 1.41. The second-order valence-electron chi connectivity index (χ2n) is 4.99. The largest absolute Gasteiger partial charge is 0.461 e. The number of halogens is 1. The first-order valence-electron chi connectivity index (χ1n) is 5.88. The molecule has 0 aromatic carbocycles. The van der Waals surface area contributed by atoms with Gasteiger partial charge in [0.15, 0.2) is 0 Å². The molecule has 0 radical (unpaired) electrons. The lowest BCUT2D eigenvalue weighted by Gasteiger charge is -2.27. The highest BCUT2D eigenvalue weighted by Crippen LogP contribution is 2.59. The van der Waals surface area contributed by atoms with Crippen molar-refractivity contribution in [3.05, 3.63) is 12.7 Å². The Kier molecular flexibility index (Phi) is 2.54. The molecule has 1 saturated heterocycles. The van der Waals surface area contributed by atoms with Gasteiger partial charge in [-0.15, -0.1) is 6.58 Å². The summed E-state index contributed by atoms with van der Waals surface area (Å²) < 4.78 is 5.35. The topological polar surface area (TPSA) is 55.4 Å². The standard InChI is InChI=1S/C12H14BrNO3/c1-2-3-14-11(15)7-5-4-6-8(7)12(16)17-10(6)9(5)13/h2,5-10H,1,3-4H2,(H,14,15)/t5-,6+,7-,8-,9+,10-/m0/s1. The highest BCUT2D eigenvalue weighted by molar-refractivity contribution is 9.09. The van der Waals surface area contributed by atoms with Crippen molar-refractivity contribution in [2.24, 2.45) is 23.7 Å². The number of ether oxygens (including phenoxy) is 1. The third-order valence-electron chi connectivity index (χ3n) is 4.25. The number of alkyl halides is 1. The number of esters is 1. The van der Waals surface area contributed by atoms with Crippen LogP contribution in [0, 0.1) is 23.7 Å². The molecule has 1 aliphatic heterocycles. The number of carbonyl (C=O) groups excluding carboxylic acids is 2. The second kappa shape index (κ2) is 3.83. The smallest absolute Gasteiger partial charge is 0.310 e. The maximum Gasteiger partial charge on any atom is 0.310 e. The van der Waals surface area contributed by atoms with Crippen LogP contribution in [0.25, 0.3) is 0 Å². The van der Waals surface area contributed by atoms with E-state index in [4.69, 9.17) is 4.74 Å². The van der Waals surface area contributed by atoms with E-state index in [1.807, 2.05) is 0 Å². The van der Waals surface area contributed by atoms with Crippen LogP contribution in [0.15, 0.2) is 12.7 Å². The Morgan fingerprint density at radius 1 is 1.59 bits per heavy atom. The number of hydrogen-bond acceptors (Lipinski definition) is 3. The molecule has 1 N–H and O–H groups in total. The van der Waals surface area contributed by atoms with E-state index in [2.05, 4.69) is 27.8 Å². The van der Waals surface area contributed by atoms with Gasteiger partial charge >= 0.3 is 5.97 Å². The Morgan fingerprint density at radius 2 is 2.35 bits per heavy atom. The predicted molar refractivity (Wildman–Crippen MR) is 64.4 cm³/mol. The molecule has 1 heterocycles. The van der Waals surface area contributed by atoms with Gasteiger partial charge in [0.05, 0.1) is 16.7 Å². The molecule has 4 nitrogen and oxygen atoms in total. The summed E-state index contributed by atoms with van der Waals surface area (Å²) in [5.41, 5.74) is 0. The van der Waals surface area contributed by atoms with Crippen molar-refractivity contribution in [1.29, 1.82) is 0 Å². The van der Waals surface area contributed by atoms with Crippen molar-refractivity contribution in [2.45, 2.75) is 17.4 Å². The van der Waals surface area contributed by atoms with Gasteiger partial charge in [0.25, 0.3) is 0 Å². The molecule has 2 bridgehead atoms. The van der Waals surface area contributed by atoms with Gasteiger partial charge in [0.2, 0.25) is 5.91 Å². The molecule has 92 valence electrons. The lowest BCUT2D eigenvalue weighted by atomic mass is 9.79. The Morgan fingerprint density at radius 3 is 3.06 bits per heavy atom. The minimum atomic E-state index is -0.226. The number of rotatable bonds is 3. The Labute approximate surface area is 108 Å². The van der Waals surface area contributed by atoms with E-state index in [1.54, 1.807) is 6.08 Å². The molecule has 3 aliphatic rings. The molecule has 0 aromatic rings. The van der Waals surface area contributed by atoms with Crippen LogP contribution < -0.4 is 5.32 Å². The van der Waals surface area contributed by atoms with Gasteiger partial charge in [-0.1, -0.05) is 22.0 Å². The van der Waals surface area contributed by atoms with Crippen LogP contribution in [0.2, 0.25) is 0 Å². The number of fused-ring (bicyclic) bond motifs is 1. The number of carbonyl (C=O) groups is 2. The fourth-order valence-electron chi connectivity index (χ4n) is 3.62. The summed E-state index contributed by atoms with van der Waals surface area (Å²) in [4.78, 5) is 24.0. The molecule has 0 unspecified atom stereocenters. The zero-order valence-electron chi connectivity index (χ0n) is 9.27. The minimum Gasteiger partial charge on any atom is -0.461 e. The molecule has 1 amide bonds. The van der Waals surface area contributed by atoms with Gasteiger partial charge in [0.1, 0.15) is 6.10 Å². The maximum atomic E-state index is 12.1. The van der Waals surface area contributed by atoms with Crippen molar-refractivity contribution >= 4 is 27.8 Å². The lowest BCUT2D eigenvalue weighted by Crippen LogP contribution is -2.43. The maximum absolute atomic E-state index is 12.1. The molecular formula is C12H14BrNO3. The zero-order chi connectivity index (χ0) is 12.2. The highest BCUT2D eigenvalue weighted by atomic mass is 79.9. The SMILES string of the molecule is C=CCNC(=O)[C@H]1[C@@H]2C[C@H]3[C@H](OC(=O)[C@@H]31)[C@@H]2Br. The molecule has 0 spiro atoms. The van der Waals surface area contributed by atoms with E-state index >= 15 is 0 Å². The van der Waals surface area contributed by atoms with Crippen LogP contribution in [0.5, 0.6) is 0 Å². The van der Waals surface area contributed by atoms with Crippen molar-refractivity contribution in [3.63, 3.8) is 0 Å². The van der Waals surface area contributed by atoms with Crippen LogP contribution in [0.4, 0.5) is 0 Å². The van der Waals surface area contributed by atoms with Crippen molar-refractivity contribution in [1.82, 2.24) is 5.32 Å². The minimum absolute atomic E-state index is 0.0130. The first-order chi connectivity index (χ1) is 8.15.